The maximum Gasteiger partial charge on any atom is 0.324 e. The minimum Gasteiger partial charge on any atom is -0.391 e. The van der Waals surface area contributed by atoms with Gasteiger partial charge in [0.15, 0.2) is 0 Å². The fourth-order valence-electron chi connectivity index (χ4n) is 7.61. The van der Waals surface area contributed by atoms with Crippen LogP contribution in [-0.2, 0) is 33.6 Å². The molecule has 1 aliphatic carbocycles. The number of nitrogens with two attached hydrogens (primary N) is 2. The first-order chi connectivity index (χ1) is 25.5. The quantitative estimate of drug-likeness (QED) is 0.108. The van der Waals surface area contributed by atoms with E-state index in [-0.39, 0.29) is 36.5 Å². The van der Waals surface area contributed by atoms with E-state index in [1.807, 2.05) is 67.6 Å². The lowest BCUT2D eigenvalue weighted by atomic mass is 9.80. The van der Waals surface area contributed by atoms with Crippen LogP contribution in [0.3, 0.4) is 0 Å². The topological polar surface area (TPSA) is 186 Å². The summed E-state index contributed by atoms with van der Waals surface area (Å²) in [5, 5.41) is 18.5. The second kappa shape index (κ2) is 21.2. The summed E-state index contributed by atoms with van der Waals surface area (Å²) in [5.74, 6) is -1.12. The molecule has 12 nitrogen and oxygen atoms in total. The third-order valence-corrected chi connectivity index (χ3v) is 10.3. The predicted octanol–water partition coefficient (Wildman–Crippen LogP) is 4.12. The van der Waals surface area contributed by atoms with Gasteiger partial charge >= 0.3 is 6.03 Å². The van der Waals surface area contributed by atoms with Gasteiger partial charge in [-0.15, -0.1) is 0 Å². The van der Waals surface area contributed by atoms with Crippen molar-refractivity contribution in [3.8, 4) is 0 Å². The van der Waals surface area contributed by atoms with Crippen LogP contribution in [0.4, 0.5) is 4.79 Å². The number of amides is 4. The summed E-state index contributed by atoms with van der Waals surface area (Å²) in [5.41, 5.74) is 13.5. The van der Waals surface area contributed by atoms with E-state index >= 15 is 0 Å². The van der Waals surface area contributed by atoms with Crippen molar-refractivity contribution in [1.29, 1.82) is 0 Å². The van der Waals surface area contributed by atoms with Crippen LogP contribution >= 0.6 is 0 Å². The van der Waals surface area contributed by atoms with E-state index in [0.29, 0.717) is 38.0 Å². The minimum atomic E-state index is -1.08. The van der Waals surface area contributed by atoms with Crippen LogP contribution in [0, 0.1) is 11.8 Å². The molecule has 4 rings (SSSR count). The van der Waals surface area contributed by atoms with Gasteiger partial charge in [-0.3, -0.25) is 19.0 Å². The van der Waals surface area contributed by atoms with Crippen molar-refractivity contribution in [1.82, 2.24) is 25.1 Å². The number of carbonyl (C=O) groups is 4. The largest absolute Gasteiger partial charge is 0.391 e. The molecule has 1 unspecified atom stereocenters. The van der Waals surface area contributed by atoms with Gasteiger partial charge in [0.05, 0.1) is 17.8 Å². The Morgan fingerprint density at radius 2 is 1.57 bits per heavy atom. The van der Waals surface area contributed by atoms with Gasteiger partial charge in [-0.1, -0.05) is 92.8 Å². The molecule has 0 bridgehead atoms. The maximum atomic E-state index is 14.4. The first-order valence-electron chi connectivity index (χ1n) is 19.2. The second-order valence-corrected chi connectivity index (χ2v) is 14.6. The number of hydrogen-bond donors (Lipinski definition) is 5. The molecule has 0 aliphatic heterocycles. The van der Waals surface area contributed by atoms with E-state index in [4.69, 9.17) is 11.5 Å². The Labute approximate surface area is 314 Å². The zero-order valence-electron chi connectivity index (χ0n) is 31.4. The van der Waals surface area contributed by atoms with Crippen molar-refractivity contribution in [3.05, 3.63) is 90.0 Å². The van der Waals surface area contributed by atoms with Crippen molar-refractivity contribution >= 4 is 23.8 Å². The molecule has 0 spiro atoms. The fourth-order valence-corrected chi connectivity index (χ4v) is 7.61. The molecule has 0 saturated heterocycles. The lowest BCUT2D eigenvalue weighted by molar-refractivity contribution is -0.146. The fraction of sp³-hybridized carbons (Fsp3) is 0.537. The molecule has 1 aromatic heterocycles. The summed E-state index contributed by atoms with van der Waals surface area (Å²) in [7, 11) is 0. The molecule has 1 saturated carbocycles. The van der Waals surface area contributed by atoms with Crippen molar-refractivity contribution in [3.63, 3.8) is 0 Å². The molecule has 1 fully saturated rings. The van der Waals surface area contributed by atoms with Crippen LogP contribution in [0.5, 0.6) is 0 Å². The van der Waals surface area contributed by atoms with E-state index in [1.165, 1.54) is 24.0 Å². The molecule has 5 atom stereocenters. The van der Waals surface area contributed by atoms with Gasteiger partial charge < -0.3 is 32.1 Å². The van der Waals surface area contributed by atoms with Gasteiger partial charge in [-0.2, -0.15) is 0 Å². The third kappa shape index (κ3) is 13.1. The summed E-state index contributed by atoms with van der Waals surface area (Å²) in [6.45, 7) is 4.33. The van der Waals surface area contributed by atoms with Gasteiger partial charge in [-0.25, -0.2) is 9.78 Å². The van der Waals surface area contributed by atoms with Crippen LogP contribution in [0.1, 0.15) is 88.5 Å². The van der Waals surface area contributed by atoms with Gasteiger partial charge in [0.2, 0.25) is 17.7 Å². The van der Waals surface area contributed by atoms with E-state index in [1.54, 1.807) is 4.90 Å². The number of benzene rings is 2. The Bertz CT molecular complexity index is 1580. The average molecular weight is 730 g/mol. The second-order valence-electron chi connectivity index (χ2n) is 14.6. The number of nitrogens with zero attached hydrogens (tertiary/aromatic N) is 3. The van der Waals surface area contributed by atoms with Crippen LogP contribution in [0.2, 0.25) is 0 Å². The zero-order chi connectivity index (χ0) is 38.2. The molecule has 288 valence electrons. The maximum absolute atomic E-state index is 14.4. The van der Waals surface area contributed by atoms with Crippen LogP contribution in [0.15, 0.2) is 73.2 Å². The van der Waals surface area contributed by atoms with Crippen molar-refractivity contribution < 1.29 is 24.3 Å². The minimum absolute atomic E-state index is 0.122. The summed E-state index contributed by atoms with van der Waals surface area (Å²) in [4.78, 5) is 59.5. The molecular weight excluding hydrogens is 670 g/mol. The first kappa shape index (κ1) is 41.2. The Balaban J connectivity index is 1.66. The van der Waals surface area contributed by atoms with Crippen LogP contribution in [-0.4, -0.2) is 80.6 Å². The number of aromatic nitrogens is 2. The summed E-state index contributed by atoms with van der Waals surface area (Å²) < 4.78 is 1.18. The lowest BCUT2D eigenvalue weighted by Gasteiger charge is -2.42. The Morgan fingerprint density at radius 1 is 0.925 bits per heavy atom. The standard InChI is InChI=1S/C41H59N7O5/c1-29(22-35-27-47(28-45-35)41(43)53)46-40(52)37(25-33-18-10-5-11-19-33)48(30(2)49)36(24-32-16-8-4-9-17-32)38(50)26-34(23-31-14-6-3-7-15-31)39(51)44-21-13-12-20-42/h3,5-7,10-11,14-15,18-19,27-29,32,34,36-38,50H,4,8-9,12-13,16-17,20-26,42H2,1-2H3,(H2,43,53)(H,44,51)(H,46,52)/t29-,34-,36?,37+,38+/m1/s1. The first-order valence-corrected chi connectivity index (χ1v) is 19.2. The van der Waals surface area contributed by atoms with Crippen LogP contribution < -0.4 is 22.1 Å². The third-order valence-electron chi connectivity index (χ3n) is 10.3. The smallest absolute Gasteiger partial charge is 0.324 e. The highest BCUT2D eigenvalue weighted by atomic mass is 16.3. The number of unbranched alkanes of at least 4 members (excludes halogenated alkanes) is 1. The zero-order valence-corrected chi connectivity index (χ0v) is 31.4. The summed E-state index contributed by atoms with van der Waals surface area (Å²) in [6.07, 6.45) is 10.2. The van der Waals surface area contributed by atoms with Crippen LogP contribution in [0.25, 0.3) is 0 Å². The van der Waals surface area contributed by atoms with Gasteiger partial charge in [0.1, 0.15) is 12.4 Å². The summed E-state index contributed by atoms with van der Waals surface area (Å²) >= 11 is 0. The molecule has 0 radical (unpaired) electrons. The Morgan fingerprint density at radius 3 is 2.15 bits per heavy atom. The number of primary amides is 1. The van der Waals surface area contributed by atoms with Gasteiger partial charge in [0, 0.05) is 44.5 Å². The number of carbonyl (C=O) groups excluding carboxylic acids is 4. The van der Waals surface area contributed by atoms with E-state index in [2.05, 4.69) is 15.6 Å². The number of nitrogens with one attached hydrogen (secondary N) is 2. The average Bonchev–Trinajstić information content (AvgIpc) is 3.62. The lowest BCUT2D eigenvalue weighted by Crippen LogP contribution is -2.59. The molecule has 2 aromatic carbocycles. The normalized spacial score (nSPS) is 16.2. The van der Waals surface area contributed by atoms with E-state index in [0.717, 1.165) is 56.1 Å². The molecule has 53 heavy (non-hydrogen) atoms. The Kier molecular flexibility index (Phi) is 16.5. The molecule has 12 heteroatoms. The van der Waals surface area contributed by atoms with Gasteiger partial charge in [0.25, 0.3) is 0 Å². The van der Waals surface area contributed by atoms with Crippen molar-refractivity contribution in [2.75, 3.05) is 13.1 Å². The molecular formula is C41H59N7O5. The number of aliphatic hydroxyl groups is 1. The van der Waals surface area contributed by atoms with Gasteiger partial charge in [-0.05, 0) is 62.6 Å². The monoisotopic (exact) mass is 729 g/mol. The number of aliphatic hydroxyl groups excluding tert-OH is 1. The van der Waals surface area contributed by atoms with E-state index < -0.39 is 36.2 Å². The molecule has 7 N–H and O–H groups in total. The summed E-state index contributed by atoms with van der Waals surface area (Å²) in [6, 6.07) is 16.6. The highest BCUT2D eigenvalue weighted by Crippen LogP contribution is 2.32. The number of imidazole rings is 1. The molecule has 3 aromatic rings. The molecule has 1 heterocycles. The number of hydrogen-bond acceptors (Lipinski definition) is 7. The number of rotatable bonds is 20. The molecule has 1 aliphatic rings. The highest BCUT2D eigenvalue weighted by molar-refractivity contribution is 5.87. The van der Waals surface area contributed by atoms with E-state index in [9.17, 15) is 24.3 Å². The predicted molar refractivity (Wildman–Crippen MR) is 206 cm³/mol. The van der Waals surface area contributed by atoms with Crippen molar-refractivity contribution in [2.24, 2.45) is 23.3 Å². The Hall–Kier alpha value is -4.55. The SMILES string of the molecule is CC(=O)N(C(CC1CCCCC1)[C@@H](O)C[C@@H](Cc1ccccc1)C(=O)NCCCCN)[C@@H](Cc1ccccc1)C(=O)N[C@H](C)Cc1cn(C(N)=O)cn1. The molecule has 4 amide bonds. The van der Waals surface area contributed by atoms with Crippen molar-refractivity contribution in [2.45, 2.75) is 115 Å². The highest BCUT2D eigenvalue weighted by Gasteiger charge is 2.40.